The number of alkyl halides is 3. The van der Waals surface area contributed by atoms with Crippen LogP contribution in [-0.4, -0.2) is 13.9 Å². The van der Waals surface area contributed by atoms with Crippen LogP contribution in [0, 0.1) is 40.4 Å². The highest BCUT2D eigenvalue weighted by atomic mass is 32.2. The molecule has 0 aromatic heterocycles. The number of allylic oxidation sites excluding steroid dienone is 2. The molecule has 4 aliphatic carbocycles. The number of fused-ring (bicyclic) bond motifs is 4. The zero-order valence-corrected chi connectivity index (χ0v) is 17.7. The first-order valence-corrected chi connectivity index (χ1v) is 12.0. The smallest absolute Gasteiger partial charge is 0.380 e. The van der Waals surface area contributed by atoms with Gasteiger partial charge in [0, 0.05) is 5.41 Å². The average molecular weight is 421 g/mol. The number of hydrogen-bond donors (Lipinski definition) is 0. The van der Waals surface area contributed by atoms with Crippen molar-refractivity contribution < 1.29 is 25.8 Å². The predicted octanol–water partition coefficient (Wildman–Crippen LogP) is 6.03. The molecule has 3 nitrogen and oxygen atoms in total. The molecule has 0 aromatic rings. The molecule has 0 aromatic carbocycles. The van der Waals surface area contributed by atoms with Gasteiger partial charge in [-0.2, -0.15) is 21.6 Å². The molecule has 3 saturated carbocycles. The molecule has 0 saturated heterocycles. The molecule has 0 spiro atoms. The Balaban J connectivity index is 1.54. The zero-order valence-electron chi connectivity index (χ0n) is 16.9. The molecule has 0 radical (unpaired) electrons. The third-order valence-corrected chi connectivity index (χ3v) is 9.64. The fourth-order valence-electron chi connectivity index (χ4n) is 7.28. The van der Waals surface area contributed by atoms with Gasteiger partial charge in [-0.25, -0.2) is 0 Å². The molecule has 7 heteroatoms. The van der Waals surface area contributed by atoms with Crippen molar-refractivity contribution in [3.8, 4) is 0 Å². The third kappa shape index (κ3) is 3.10. The summed E-state index contributed by atoms with van der Waals surface area (Å²) in [6.45, 7) is 6.70. The van der Waals surface area contributed by atoms with E-state index in [2.05, 4.69) is 18.0 Å². The molecule has 4 rings (SSSR count). The molecule has 0 N–H and O–H groups in total. The van der Waals surface area contributed by atoms with Crippen LogP contribution in [0.3, 0.4) is 0 Å². The van der Waals surface area contributed by atoms with Crippen molar-refractivity contribution in [3.05, 3.63) is 11.8 Å². The maximum atomic E-state index is 12.8. The van der Waals surface area contributed by atoms with Crippen LogP contribution in [0.2, 0.25) is 0 Å². The first-order valence-electron chi connectivity index (χ1n) is 10.6. The highest BCUT2D eigenvalue weighted by Crippen LogP contribution is 2.65. The summed E-state index contributed by atoms with van der Waals surface area (Å²) < 4.78 is 66.3. The van der Waals surface area contributed by atoms with E-state index in [1.807, 2.05) is 6.92 Å². The van der Waals surface area contributed by atoms with E-state index in [1.54, 1.807) is 6.08 Å². The lowest BCUT2D eigenvalue weighted by Crippen LogP contribution is -2.50. The molecule has 160 valence electrons. The maximum absolute atomic E-state index is 12.8. The van der Waals surface area contributed by atoms with Crippen molar-refractivity contribution in [2.75, 3.05) is 0 Å². The van der Waals surface area contributed by atoms with Gasteiger partial charge >= 0.3 is 15.6 Å². The van der Waals surface area contributed by atoms with Gasteiger partial charge in [0.15, 0.2) is 0 Å². The Morgan fingerprint density at radius 1 is 1.14 bits per heavy atom. The predicted molar refractivity (Wildman–Crippen MR) is 100 cm³/mol. The molecule has 3 fully saturated rings. The van der Waals surface area contributed by atoms with Gasteiger partial charge in [0.2, 0.25) is 0 Å². The Morgan fingerprint density at radius 2 is 1.86 bits per heavy atom. The highest BCUT2D eigenvalue weighted by molar-refractivity contribution is 7.87. The minimum Gasteiger partial charge on any atom is -0.380 e. The molecule has 0 unspecified atom stereocenters. The van der Waals surface area contributed by atoms with Crippen molar-refractivity contribution in [3.63, 3.8) is 0 Å². The van der Waals surface area contributed by atoms with Crippen LogP contribution >= 0.6 is 0 Å². The topological polar surface area (TPSA) is 43.4 Å². The number of hydrogen-bond acceptors (Lipinski definition) is 3. The molecule has 0 aliphatic heterocycles. The van der Waals surface area contributed by atoms with E-state index < -0.39 is 21.0 Å². The Morgan fingerprint density at radius 3 is 2.54 bits per heavy atom. The van der Waals surface area contributed by atoms with Gasteiger partial charge in [0.25, 0.3) is 0 Å². The van der Waals surface area contributed by atoms with Crippen LogP contribution in [0.25, 0.3) is 0 Å². The second kappa shape index (κ2) is 6.39. The van der Waals surface area contributed by atoms with Crippen molar-refractivity contribution in [1.82, 2.24) is 0 Å². The fraction of sp³-hybridized carbons (Fsp3) is 0.905. The zero-order chi connectivity index (χ0) is 20.5. The van der Waals surface area contributed by atoms with Gasteiger partial charge in [0.1, 0.15) is 5.76 Å². The Bertz CT molecular complexity index is 774. The molecule has 7 atom stereocenters. The average Bonchev–Trinajstić information content (AvgIpc) is 2.88. The molecule has 0 bridgehead atoms. The van der Waals surface area contributed by atoms with Gasteiger partial charge in [-0.3, -0.25) is 0 Å². The van der Waals surface area contributed by atoms with Crippen LogP contribution in [0.1, 0.15) is 72.1 Å². The fourth-order valence-corrected chi connectivity index (χ4v) is 7.87. The number of rotatable bonds is 2. The van der Waals surface area contributed by atoms with Gasteiger partial charge in [-0.1, -0.05) is 27.2 Å². The summed E-state index contributed by atoms with van der Waals surface area (Å²) in [5, 5.41) is 0. The van der Waals surface area contributed by atoms with Gasteiger partial charge in [-0.05, 0) is 86.0 Å². The van der Waals surface area contributed by atoms with Crippen molar-refractivity contribution in [2.45, 2.75) is 77.6 Å². The van der Waals surface area contributed by atoms with Gasteiger partial charge in [-0.15, -0.1) is 0 Å². The van der Waals surface area contributed by atoms with Crippen LogP contribution < -0.4 is 0 Å². The summed E-state index contributed by atoms with van der Waals surface area (Å²) in [5.74, 6) is 2.71. The highest BCUT2D eigenvalue weighted by Gasteiger charge is 2.58. The van der Waals surface area contributed by atoms with Crippen molar-refractivity contribution in [1.29, 1.82) is 0 Å². The molecular weight excluding hydrogens is 389 g/mol. The molecule has 4 aliphatic rings. The van der Waals surface area contributed by atoms with E-state index in [0.29, 0.717) is 36.0 Å². The van der Waals surface area contributed by atoms with E-state index in [9.17, 15) is 21.6 Å². The second-order valence-electron chi connectivity index (χ2n) is 10.5. The summed E-state index contributed by atoms with van der Waals surface area (Å²) in [7, 11) is -5.60. The van der Waals surface area contributed by atoms with E-state index >= 15 is 0 Å². The number of halogens is 3. The monoisotopic (exact) mass is 420 g/mol. The molecule has 0 heterocycles. The molecule has 28 heavy (non-hydrogen) atoms. The van der Waals surface area contributed by atoms with Crippen LogP contribution in [0.4, 0.5) is 13.2 Å². The Kier molecular flexibility index (Phi) is 4.69. The quantitative estimate of drug-likeness (QED) is 0.405. The van der Waals surface area contributed by atoms with Gasteiger partial charge < -0.3 is 4.18 Å². The summed E-state index contributed by atoms with van der Waals surface area (Å²) in [6.07, 6.45) is 10.00. The van der Waals surface area contributed by atoms with Crippen LogP contribution in [-0.2, 0) is 14.3 Å². The van der Waals surface area contributed by atoms with Crippen LogP contribution in [0.5, 0.6) is 0 Å². The van der Waals surface area contributed by atoms with Crippen molar-refractivity contribution in [2.24, 2.45) is 40.4 Å². The molecule has 0 amide bonds. The largest absolute Gasteiger partial charge is 0.534 e. The lowest BCUT2D eigenvalue weighted by molar-refractivity contribution is -0.0818. The first-order chi connectivity index (χ1) is 12.9. The maximum Gasteiger partial charge on any atom is 0.534 e. The normalized spacial score (nSPS) is 46.2. The van der Waals surface area contributed by atoms with Crippen molar-refractivity contribution >= 4 is 10.1 Å². The summed E-state index contributed by atoms with van der Waals surface area (Å²) in [5.41, 5.74) is -5.60. The standard InChI is InChI=1S/C21H31F3O3S/c1-13-4-5-15-10-16-14(12-19(15,2)11-13)8-9-20(3)17(16)6-7-18(20)27-28(25,26)21(22,23)24/h7,13-17H,4-6,8-12H2,1-3H3/t13-,14+,15-,16+,17-,19-,20-/m1/s1. The lowest BCUT2D eigenvalue weighted by Gasteiger charge is -2.58. The summed E-state index contributed by atoms with van der Waals surface area (Å²) in [6, 6.07) is 0. The van der Waals surface area contributed by atoms with Crippen LogP contribution in [0.15, 0.2) is 11.8 Å². The Labute approximate surface area is 166 Å². The van der Waals surface area contributed by atoms with Gasteiger partial charge in [0.05, 0.1) is 0 Å². The SMILES string of the molecule is C[C@@H]1CC[C@@H]2C[C@H]3[C@@H](CC[C@@]4(C)C(OS(=O)(=O)C(F)(F)F)=CC[C@H]34)C[C@@]2(C)C1. The first kappa shape index (κ1) is 20.5. The lowest BCUT2D eigenvalue weighted by atomic mass is 9.47. The minimum atomic E-state index is -5.60. The summed E-state index contributed by atoms with van der Waals surface area (Å²) in [4.78, 5) is 0. The molecular formula is C21H31F3O3S. The summed E-state index contributed by atoms with van der Waals surface area (Å²) >= 11 is 0. The van der Waals surface area contributed by atoms with E-state index in [1.165, 1.54) is 25.7 Å². The van der Waals surface area contributed by atoms with E-state index in [-0.39, 0.29) is 11.7 Å². The van der Waals surface area contributed by atoms with E-state index in [0.717, 1.165) is 18.8 Å². The Hall–Kier alpha value is -0.720. The third-order valence-electron chi connectivity index (χ3n) is 8.67. The second-order valence-corrected chi connectivity index (χ2v) is 12.0. The van der Waals surface area contributed by atoms with E-state index in [4.69, 9.17) is 0 Å². The minimum absolute atomic E-state index is 0.0267.